The number of carbonyl (C=O) groups is 3. The van der Waals surface area contributed by atoms with Crippen LogP contribution in [0.25, 0.3) is 0 Å². The number of ether oxygens (including phenoxy) is 1. The Balaban J connectivity index is 2.11. The molecule has 29 heavy (non-hydrogen) atoms. The zero-order valence-electron chi connectivity index (χ0n) is 14.4. The number of rotatable bonds is 5. The normalized spacial score (nSPS) is 19.9. The van der Waals surface area contributed by atoms with E-state index in [0.717, 1.165) is 6.08 Å². The Kier molecular flexibility index (Phi) is 5.48. The molecule has 1 atom stereocenters. The molecule has 148 valence electrons. The minimum atomic E-state index is -2.24. The Morgan fingerprint density at radius 2 is 1.41 bits per heavy atom. The maximum absolute atomic E-state index is 12.8. The van der Waals surface area contributed by atoms with E-state index in [-0.39, 0.29) is 11.1 Å². The number of benzene rings is 2. The first kappa shape index (κ1) is 20.6. The number of ketones is 2. The Bertz CT molecular complexity index is 1070. The molecule has 9 heteroatoms. The van der Waals surface area contributed by atoms with E-state index in [1.807, 2.05) is 0 Å². The van der Waals surface area contributed by atoms with Gasteiger partial charge >= 0.3 is 5.97 Å². The molecule has 7 nitrogen and oxygen atoms in total. The number of Topliss-reactive ketones (excluding diaryl/α,β-unsaturated/α-hetero) is 2. The summed E-state index contributed by atoms with van der Waals surface area (Å²) < 4.78 is 5.31. The van der Waals surface area contributed by atoms with Gasteiger partial charge in [0, 0.05) is 27.2 Å². The molecule has 0 amide bonds. The van der Waals surface area contributed by atoms with Crippen LogP contribution in [0.15, 0.2) is 71.7 Å². The lowest BCUT2D eigenvalue weighted by molar-refractivity contribution is -0.148. The molecule has 1 heterocycles. The highest BCUT2D eigenvalue weighted by atomic mass is 35.5. The second kappa shape index (κ2) is 7.71. The molecule has 2 aromatic carbocycles. The molecule has 0 fully saturated rings. The van der Waals surface area contributed by atoms with E-state index in [0.29, 0.717) is 10.0 Å². The van der Waals surface area contributed by atoms with Crippen LogP contribution < -0.4 is 0 Å². The SMILES string of the molecule is O=C(O)C(=O)C(C(=O)c1ccc(Cl)cc1)=C1OC(O)(c2ccc(Cl)cc2)C=C1O. The molecule has 0 aromatic heterocycles. The molecule has 0 aliphatic carbocycles. The summed E-state index contributed by atoms with van der Waals surface area (Å²) in [5.74, 6) is -8.34. The molecule has 1 aliphatic rings. The third kappa shape index (κ3) is 4.02. The van der Waals surface area contributed by atoms with Crippen LogP contribution in [0.3, 0.4) is 0 Å². The highest BCUT2D eigenvalue weighted by Crippen LogP contribution is 2.39. The van der Waals surface area contributed by atoms with Gasteiger partial charge < -0.3 is 20.1 Å². The van der Waals surface area contributed by atoms with Gasteiger partial charge in [-0.15, -0.1) is 0 Å². The average molecular weight is 435 g/mol. The number of hydrogen-bond acceptors (Lipinski definition) is 6. The molecule has 0 bridgehead atoms. The van der Waals surface area contributed by atoms with Crippen molar-refractivity contribution in [2.24, 2.45) is 0 Å². The van der Waals surface area contributed by atoms with Gasteiger partial charge in [0.05, 0.1) is 0 Å². The van der Waals surface area contributed by atoms with E-state index in [9.17, 15) is 24.6 Å². The zero-order chi connectivity index (χ0) is 21.3. The Labute approximate surface area is 174 Å². The van der Waals surface area contributed by atoms with Gasteiger partial charge in [-0.05, 0) is 36.4 Å². The number of carboxylic acid groups (broad SMARTS) is 1. The van der Waals surface area contributed by atoms with Crippen molar-refractivity contribution in [3.63, 3.8) is 0 Å². The van der Waals surface area contributed by atoms with E-state index in [1.165, 1.54) is 48.5 Å². The Hall–Kier alpha value is -3.13. The predicted molar refractivity (Wildman–Crippen MR) is 103 cm³/mol. The Morgan fingerprint density at radius 3 is 1.93 bits per heavy atom. The first-order valence-corrected chi connectivity index (χ1v) is 8.80. The first-order valence-electron chi connectivity index (χ1n) is 8.04. The van der Waals surface area contributed by atoms with Crippen LogP contribution in [0.4, 0.5) is 0 Å². The summed E-state index contributed by atoms with van der Waals surface area (Å²) in [5, 5.41) is 30.8. The number of carbonyl (C=O) groups excluding carboxylic acids is 2. The number of hydrogen-bond donors (Lipinski definition) is 3. The van der Waals surface area contributed by atoms with E-state index in [2.05, 4.69) is 0 Å². The average Bonchev–Trinajstić information content (AvgIpc) is 2.98. The van der Waals surface area contributed by atoms with E-state index < -0.39 is 40.4 Å². The lowest BCUT2D eigenvalue weighted by Crippen LogP contribution is -2.27. The second-order valence-electron chi connectivity index (χ2n) is 6.01. The topological polar surface area (TPSA) is 121 Å². The molecular weight excluding hydrogens is 423 g/mol. The van der Waals surface area contributed by atoms with Gasteiger partial charge in [-0.2, -0.15) is 0 Å². The van der Waals surface area contributed by atoms with Crippen molar-refractivity contribution in [1.29, 1.82) is 0 Å². The highest BCUT2D eigenvalue weighted by molar-refractivity contribution is 6.48. The summed E-state index contributed by atoms with van der Waals surface area (Å²) in [6.45, 7) is 0. The van der Waals surface area contributed by atoms with Crippen LogP contribution in [-0.2, 0) is 20.1 Å². The maximum atomic E-state index is 12.8. The van der Waals surface area contributed by atoms with Crippen LogP contribution in [0.5, 0.6) is 0 Å². The summed E-state index contributed by atoms with van der Waals surface area (Å²) in [4.78, 5) is 36.3. The summed E-state index contributed by atoms with van der Waals surface area (Å²) in [5.41, 5.74) is -0.882. The van der Waals surface area contributed by atoms with Crippen molar-refractivity contribution in [2.75, 3.05) is 0 Å². The van der Waals surface area contributed by atoms with E-state index in [1.54, 1.807) is 0 Å². The van der Waals surface area contributed by atoms with Gasteiger partial charge in [-0.3, -0.25) is 9.59 Å². The van der Waals surface area contributed by atoms with Crippen LogP contribution in [0.1, 0.15) is 15.9 Å². The van der Waals surface area contributed by atoms with Crippen LogP contribution in [0, 0.1) is 0 Å². The molecule has 0 saturated carbocycles. The monoisotopic (exact) mass is 434 g/mol. The predicted octanol–water partition coefficient (Wildman–Crippen LogP) is 3.40. The van der Waals surface area contributed by atoms with E-state index >= 15 is 0 Å². The first-order chi connectivity index (χ1) is 13.6. The fourth-order valence-electron chi connectivity index (χ4n) is 2.66. The summed E-state index contributed by atoms with van der Waals surface area (Å²) >= 11 is 11.6. The zero-order valence-corrected chi connectivity index (χ0v) is 15.9. The van der Waals surface area contributed by atoms with Gasteiger partial charge in [0.15, 0.2) is 11.5 Å². The third-order valence-corrected chi connectivity index (χ3v) is 4.57. The maximum Gasteiger partial charge on any atom is 0.377 e. The molecule has 1 unspecified atom stereocenters. The molecule has 3 rings (SSSR count). The number of carboxylic acids is 1. The minimum Gasteiger partial charge on any atom is -0.504 e. The van der Waals surface area contributed by atoms with Crippen molar-refractivity contribution >= 4 is 40.7 Å². The van der Waals surface area contributed by atoms with Crippen molar-refractivity contribution < 1.29 is 34.4 Å². The van der Waals surface area contributed by atoms with Gasteiger partial charge in [0.25, 0.3) is 11.6 Å². The summed E-state index contributed by atoms with van der Waals surface area (Å²) in [6, 6.07) is 11.0. The minimum absolute atomic E-state index is 0.0650. The number of aliphatic hydroxyl groups excluding tert-OH is 1. The van der Waals surface area contributed by atoms with Crippen molar-refractivity contribution in [1.82, 2.24) is 0 Å². The lowest BCUT2D eigenvalue weighted by atomic mass is 9.98. The number of aliphatic carboxylic acids is 1. The summed E-state index contributed by atoms with van der Waals surface area (Å²) in [7, 11) is 0. The third-order valence-electron chi connectivity index (χ3n) is 4.06. The van der Waals surface area contributed by atoms with Gasteiger partial charge in [0.1, 0.15) is 5.57 Å². The van der Waals surface area contributed by atoms with E-state index in [4.69, 9.17) is 33.0 Å². The molecule has 2 aromatic rings. The van der Waals surface area contributed by atoms with Gasteiger partial charge in [0.2, 0.25) is 5.78 Å². The second-order valence-corrected chi connectivity index (χ2v) is 6.88. The molecule has 3 N–H and O–H groups in total. The largest absolute Gasteiger partial charge is 0.504 e. The summed E-state index contributed by atoms with van der Waals surface area (Å²) in [6.07, 6.45) is 0.843. The fraction of sp³-hybridized carbons (Fsp3) is 0.0500. The van der Waals surface area contributed by atoms with Crippen molar-refractivity contribution in [3.8, 4) is 0 Å². The molecular formula is C20H12Cl2O7. The Morgan fingerprint density at radius 1 is 0.897 bits per heavy atom. The molecule has 0 radical (unpaired) electrons. The standard InChI is InChI=1S/C20H12Cl2O7/c21-12-5-1-10(2-6-12)16(24)15(17(25)19(26)27)18-14(23)9-20(28,29-18)11-3-7-13(22)8-4-11/h1-9,23,28H,(H,26,27). The van der Waals surface area contributed by atoms with Crippen LogP contribution in [-0.4, -0.2) is 32.9 Å². The fourth-order valence-corrected chi connectivity index (χ4v) is 2.91. The number of aliphatic hydroxyl groups is 2. The molecule has 1 aliphatic heterocycles. The van der Waals surface area contributed by atoms with Crippen LogP contribution >= 0.6 is 23.2 Å². The smallest absolute Gasteiger partial charge is 0.377 e. The highest BCUT2D eigenvalue weighted by Gasteiger charge is 2.43. The van der Waals surface area contributed by atoms with Gasteiger partial charge in [-0.1, -0.05) is 35.3 Å². The van der Waals surface area contributed by atoms with Gasteiger partial charge in [-0.25, -0.2) is 4.79 Å². The van der Waals surface area contributed by atoms with Crippen LogP contribution in [0.2, 0.25) is 10.0 Å². The lowest BCUT2D eigenvalue weighted by Gasteiger charge is -2.22. The quantitative estimate of drug-likeness (QED) is 0.216. The molecule has 0 saturated heterocycles. The van der Waals surface area contributed by atoms with Crippen molar-refractivity contribution in [2.45, 2.75) is 5.79 Å². The van der Waals surface area contributed by atoms with Crippen molar-refractivity contribution in [3.05, 3.63) is 92.9 Å². The number of halogens is 2. The molecule has 0 spiro atoms.